The standard InChI is InChI=1S/C21H31N5O.HI/c1-3-18(19-8-6-5-7-9-19)16-23-21(22-4-2)26-13-11-25(12-14-26)17-20-10-15-27-24-20;/h5-10,15,18H,3-4,11-14,16-17H2,1-2H3,(H,22,23);1H. The average molecular weight is 497 g/mol. The van der Waals surface area contributed by atoms with E-state index in [2.05, 4.69) is 64.5 Å². The SMILES string of the molecule is CCNC(=NCC(CC)c1ccccc1)N1CCN(Cc2ccon2)CC1.I. The van der Waals surface area contributed by atoms with Gasteiger partial charge in [-0.25, -0.2) is 0 Å². The van der Waals surface area contributed by atoms with Gasteiger partial charge in [-0.3, -0.25) is 9.89 Å². The summed E-state index contributed by atoms with van der Waals surface area (Å²) in [4.78, 5) is 9.76. The number of nitrogens with zero attached hydrogens (tertiary/aromatic N) is 4. The van der Waals surface area contributed by atoms with Gasteiger partial charge in [0.1, 0.15) is 6.26 Å². The Morgan fingerprint density at radius 1 is 1.14 bits per heavy atom. The van der Waals surface area contributed by atoms with Crippen LogP contribution in [0.15, 0.2) is 52.2 Å². The van der Waals surface area contributed by atoms with Gasteiger partial charge < -0.3 is 14.7 Å². The zero-order valence-corrected chi connectivity index (χ0v) is 19.2. The number of hydrogen-bond acceptors (Lipinski definition) is 4. The predicted molar refractivity (Wildman–Crippen MR) is 124 cm³/mol. The second-order valence-electron chi connectivity index (χ2n) is 6.96. The third kappa shape index (κ3) is 6.48. The van der Waals surface area contributed by atoms with Gasteiger partial charge >= 0.3 is 0 Å². The van der Waals surface area contributed by atoms with E-state index < -0.39 is 0 Å². The number of aromatic nitrogens is 1. The Labute approximate surface area is 185 Å². The second kappa shape index (κ2) is 12.1. The Kier molecular flexibility index (Phi) is 9.77. The molecule has 7 heteroatoms. The van der Waals surface area contributed by atoms with Gasteiger partial charge in [0.2, 0.25) is 0 Å². The molecule has 0 amide bonds. The Bertz CT molecular complexity index is 684. The normalized spacial score (nSPS) is 16.5. The maximum atomic E-state index is 4.97. The smallest absolute Gasteiger partial charge is 0.194 e. The quantitative estimate of drug-likeness (QED) is 0.360. The molecule has 1 aromatic carbocycles. The lowest BCUT2D eigenvalue weighted by molar-refractivity contribution is 0.169. The van der Waals surface area contributed by atoms with Gasteiger partial charge in [-0.1, -0.05) is 42.4 Å². The van der Waals surface area contributed by atoms with E-state index in [0.29, 0.717) is 5.92 Å². The van der Waals surface area contributed by atoms with Gasteiger partial charge in [0.25, 0.3) is 0 Å². The molecule has 1 atom stereocenters. The van der Waals surface area contributed by atoms with Crippen LogP contribution in [0.25, 0.3) is 0 Å². The maximum absolute atomic E-state index is 4.97. The van der Waals surface area contributed by atoms with E-state index in [-0.39, 0.29) is 24.0 Å². The third-order valence-corrected chi connectivity index (χ3v) is 5.11. The van der Waals surface area contributed by atoms with Gasteiger partial charge in [-0.05, 0) is 18.9 Å². The van der Waals surface area contributed by atoms with Crippen LogP contribution in [-0.4, -0.2) is 60.2 Å². The van der Waals surface area contributed by atoms with Crippen molar-refractivity contribution in [2.45, 2.75) is 32.7 Å². The lowest BCUT2D eigenvalue weighted by Gasteiger charge is -2.36. The molecule has 0 aliphatic carbocycles. The molecule has 2 aromatic rings. The van der Waals surface area contributed by atoms with Crippen molar-refractivity contribution in [1.29, 1.82) is 0 Å². The zero-order valence-electron chi connectivity index (χ0n) is 16.9. The highest BCUT2D eigenvalue weighted by Gasteiger charge is 2.20. The molecule has 0 bridgehead atoms. The van der Waals surface area contributed by atoms with E-state index in [1.54, 1.807) is 6.26 Å². The molecule has 1 unspecified atom stereocenters. The molecule has 6 nitrogen and oxygen atoms in total. The molecule has 154 valence electrons. The second-order valence-corrected chi connectivity index (χ2v) is 6.96. The Hall–Kier alpha value is -1.61. The first-order valence-corrected chi connectivity index (χ1v) is 10.00. The summed E-state index contributed by atoms with van der Waals surface area (Å²) < 4.78 is 4.93. The van der Waals surface area contributed by atoms with Crippen molar-refractivity contribution in [3.63, 3.8) is 0 Å². The van der Waals surface area contributed by atoms with Gasteiger partial charge in [0.05, 0.1) is 5.69 Å². The van der Waals surface area contributed by atoms with Crippen LogP contribution in [0.5, 0.6) is 0 Å². The molecule has 1 aromatic heterocycles. The fraction of sp³-hybridized carbons (Fsp3) is 0.524. The lowest BCUT2D eigenvalue weighted by Crippen LogP contribution is -2.52. The lowest BCUT2D eigenvalue weighted by atomic mass is 9.97. The van der Waals surface area contributed by atoms with Crippen molar-refractivity contribution in [1.82, 2.24) is 20.3 Å². The highest BCUT2D eigenvalue weighted by atomic mass is 127. The van der Waals surface area contributed by atoms with E-state index in [1.807, 2.05) is 6.07 Å². The summed E-state index contributed by atoms with van der Waals surface area (Å²) in [6.07, 6.45) is 2.73. The molecule has 3 rings (SSSR count). The average Bonchev–Trinajstić information content (AvgIpc) is 3.22. The molecule has 2 heterocycles. The van der Waals surface area contributed by atoms with E-state index in [4.69, 9.17) is 9.52 Å². The van der Waals surface area contributed by atoms with E-state index in [9.17, 15) is 0 Å². The highest BCUT2D eigenvalue weighted by Crippen LogP contribution is 2.19. The summed E-state index contributed by atoms with van der Waals surface area (Å²) >= 11 is 0. The number of aliphatic imine (C=N–C) groups is 1. The molecule has 1 aliphatic rings. The minimum atomic E-state index is 0. The van der Waals surface area contributed by atoms with Crippen molar-refractivity contribution >= 4 is 29.9 Å². The Morgan fingerprint density at radius 3 is 2.50 bits per heavy atom. The topological polar surface area (TPSA) is 56.9 Å². The van der Waals surface area contributed by atoms with Gasteiger partial charge in [0, 0.05) is 57.8 Å². The Morgan fingerprint density at radius 2 is 1.89 bits per heavy atom. The molecule has 1 N–H and O–H groups in total. The molecular weight excluding hydrogens is 465 g/mol. The summed E-state index contributed by atoms with van der Waals surface area (Å²) in [6.45, 7) is 10.9. The molecule has 1 fully saturated rings. The summed E-state index contributed by atoms with van der Waals surface area (Å²) in [5.41, 5.74) is 2.37. The molecule has 0 radical (unpaired) electrons. The van der Waals surface area contributed by atoms with Crippen LogP contribution in [0.3, 0.4) is 0 Å². The minimum absolute atomic E-state index is 0. The highest BCUT2D eigenvalue weighted by molar-refractivity contribution is 14.0. The third-order valence-electron chi connectivity index (χ3n) is 5.11. The summed E-state index contributed by atoms with van der Waals surface area (Å²) in [5, 5.41) is 7.49. The van der Waals surface area contributed by atoms with Crippen LogP contribution in [0.1, 0.15) is 37.4 Å². The number of nitrogens with one attached hydrogen (secondary N) is 1. The van der Waals surface area contributed by atoms with Crippen molar-refractivity contribution in [2.24, 2.45) is 4.99 Å². The predicted octanol–water partition coefficient (Wildman–Crippen LogP) is 3.57. The largest absolute Gasteiger partial charge is 0.364 e. The van der Waals surface area contributed by atoms with E-state index in [0.717, 1.165) is 63.9 Å². The first-order valence-electron chi connectivity index (χ1n) is 10.00. The molecule has 1 saturated heterocycles. The molecular formula is C21H32IN5O. The van der Waals surface area contributed by atoms with Gasteiger partial charge in [-0.2, -0.15) is 0 Å². The molecule has 0 spiro atoms. The van der Waals surface area contributed by atoms with Crippen LogP contribution in [0.2, 0.25) is 0 Å². The van der Waals surface area contributed by atoms with Crippen LogP contribution in [0.4, 0.5) is 0 Å². The molecule has 0 saturated carbocycles. The number of guanidine groups is 1. The summed E-state index contributed by atoms with van der Waals surface area (Å²) in [7, 11) is 0. The van der Waals surface area contributed by atoms with Crippen molar-refractivity contribution < 1.29 is 4.52 Å². The zero-order chi connectivity index (χ0) is 18.9. The van der Waals surface area contributed by atoms with Crippen LogP contribution in [-0.2, 0) is 6.54 Å². The van der Waals surface area contributed by atoms with Crippen molar-refractivity contribution in [3.8, 4) is 0 Å². The number of piperazine rings is 1. The number of benzene rings is 1. The monoisotopic (exact) mass is 497 g/mol. The first-order chi connectivity index (χ1) is 13.3. The van der Waals surface area contributed by atoms with Gasteiger partial charge in [-0.15, -0.1) is 24.0 Å². The van der Waals surface area contributed by atoms with Crippen LogP contribution < -0.4 is 5.32 Å². The molecule has 1 aliphatic heterocycles. The number of halogens is 1. The first kappa shape index (κ1) is 22.7. The number of hydrogen-bond donors (Lipinski definition) is 1. The maximum Gasteiger partial charge on any atom is 0.194 e. The summed E-state index contributed by atoms with van der Waals surface area (Å²) in [6, 6.07) is 12.6. The van der Waals surface area contributed by atoms with Gasteiger partial charge in [0.15, 0.2) is 5.96 Å². The van der Waals surface area contributed by atoms with E-state index in [1.165, 1.54) is 5.56 Å². The summed E-state index contributed by atoms with van der Waals surface area (Å²) in [5.74, 6) is 1.50. The van der Waals surface area contributed by atoms with E-state index >= 15 is 0 Å². The van der Waals surface area contributed by atoms with Crippen LogP contribution >= 0.6 is 24.0 Å². The van der Waals surface area contributed by atoms with Crippen molar-refractivity contribution in [3.05, 3.63) is 53.9 Å². The Balaban J connectivity index is 0.00000280. The minimum Gasteiger partial charge on any atom is -0.364 e. The fourth-order valence-corrected chi connectivity index (χ4v) is 3.48. The molecule has 28 heavy (non-hydrogen) atoms. The van der Waals surface area contributed by atoms with Crippen molar-refractivity contribution in [2.75, 3.05) is 39.3 Å². The number of rotatable bonds is 7. The fourth-order valence-electron chi connectivity index (χ4n) is 3.48. The van der Waals surface area contributed by atoms with Crippen LogP contribution in [0, 0.1) is 0 Å².